The number of anilines is 1. The minimum absolute atomic E-state index is 0.352. The Balaban J connectivity index is 1.70. The van der Waals surface area contributed by atoms with Crippen LogP contribution in [-0.4, -0.2) is 30.4 Å². The Labute approximate surface area is 154 Å². The maximum atomic E-state index is 11.1. The molecule has 3 N–H and O–H groups in total. The summed E-state index contributed by atoms with van der Waals surface area (Å²) in [5.74, 6) is -0.141. The van der Waals surface area contributed by atoms with Gasteiger partial charge in [0, 0.05) is 18.7 Å². The molecule has 1 atom stereocenters. The van der Waals surface area contributed by atoms with Crippen LogP contribution in [-0.2, 0) is 22.4 Å². The zero-order chi connectivity index (χ0) is 18.8. The molecule has 0 amide bonds. The van der Waals surface area contributed by atoms with Crippen LogP contribution in [0.25, 0.3) is 0 Å². The molecule has 0 aliphatic carbocycles. The summed E-state index contributed by atoms with van der Waals surface area (Å²) in [7, 11) is 0. The van der Waals surface area contributed by atoms with Gasteiger partial charge in [-0.2, -0.15) is 0 Å². The summed E-state index contributed by atoms with van der Waals surface area (Å²) in [6.45, 7) is 2.83. The fraction of sp³-hybridized carbons (Fsp3) is 0.381. The van der Waals surface area contributed by atoms with Gasteiger partial charge in [0.05, 0.1) is 6.61 Å². The second kappa shape index (κ2) is 10.5. The first-order chi connectivity index (χ1) is 12.6. The number of nitrogen functional groups attached to an aromatic ring is 1. The van der Waals surface area contributed by atoms with Crippen molar-refractivity contribution in [3.8, 4) is 5.75 Å². The molecule has 5 nitrogen and oxygen atoms in total. The van der Waals surface area contributed by atoms with Crippen molar-refractivity contribution in [3.63, 3.8) is 0 Å². The molecule has 0 unspecified atom stereocenters. The molecule has 0 saturated heterocycles. The third-order valence-electron chi connectivity index (χ3n) is 4.10. The third kappa shape index (κ3) is 6.76. The van der Waals surface area contributed by atoms with Crippen LogP contribution in [0.3, 0.4) is 0 Å². The molecule has 2 aromatic rings. The Morgan fingerprint density at radius 1 is 1.04 bits per heavy atom. The van der Waals surface area contributed by atoms with E-state index in [2.05, 4.69) is 12.1 Å². The number of nitrogens with two attached hydrogens (primary N) is 1. The smallest absolute Gasteiger partial charge is 0.333 e. The Hall–Kier alpha value is -2.53. The number of rotatable bonds is 11. The van der Waals surface area contributed by atoms with Gasteiger partial charge in [-0.25, -0.2) is 4.79 Å². The molecule has 2 rings (SSSR count). The van der Waals surface area contributed by atoms with Gasteiger partial charge < -0.3 is 20.3 Å². The van der Waals surface area contributed by atoms with Crippen molar-refractivity contribution >= 4 is 11.7 Å². The predicted molar refractivity (Wildman–Crippen MR) is 102 cm³/mol. The van der Waals surface area contributed by atoms with E-state index in [1.165, 1.54) is 5.56 Å². The highest BCUT2D eigenvalue weighted by molar-refractivity contribution is 5.72. The molecule has 5 heteroatoms. The zero-order valence-electron chi connectivity index (χ0n) is 15.2. The lowest BCUT2D eigenvalue weighted by Crippen LogP contribution is -2.26. The van der Waals surface area contributed by atoms with Crippen molar-refractivity contribution < 1.29 is 19.4 Å². The first-order valence-electron chi connectivity index (χ1n) is 8.99. The van der Waals surface area contributed by atoms with E-state index in [4.69, 9.17) is 20.3 Å². The van der Waals surface area contributed by atoms with Gasteiger partial charge in [0.2, 0.25) is 0 Å². The molecule has 0 aromatic heterocycles. The van der Waals surface area contributed by atoms with Gasteiger partial charge >= 0.3 is 5.97 Å². The van der Waals surface area contributed by atoms with Crippen LogP contribution in [0, 0.1) is 0 Å². The summed E-state index contributed by atoms with van der Waals surface area (Å²) >= 11 is 0. The van der Waals surface area contributed by atoms with Crippen LogP contribution in [0.15, 0.2) is 48.5 Å². The van der Waals surface area contributed by atoms with Crippen LogP contribution >= 0.6 is 0 Å². The van der Waals surface area contributed by atoms with Crippen LogP contribution in [0.2, 0.25) is 0 Å². The normalized spacial score (nSPS) is 11.9. The number of carboxylic acid groups (broad SMARTS) is 1. The third-order valence-corrected chi connectivity index (χ3v) is 4.10. The Kier molecular flexibility index (Phi) is 7.96. The number of carbonyl (C=O) groups is 1. The average molecular weight is 357 g/mol. The average Bonchev–Trinajstić information content (AvgIpc) is 2.64. The number of carboxylic acids is 1. The number of hydrogen-bond acceptors (Lipinski definition) is 4. The molecule has 0 spiro atoms. The molecule has 0 heterocycles. The van der Waals surface area contributed by atoms with Crippen molar-refractivity contribution in [1.29, 1.82) is 0 Å². The molecule has 0 fully saturated rings. The van der Waals surface area contributed by atoms with E-state index in [9.17, 15) is 4.79 Å². The van der Waals surface area contributed by atoms with Crippen molar-refractivity contribution in [3.05, 3.63) is 59.7 Å². The van der Waals surface area contributed by atoms with E-state index in [0.29, 0.717) is 19.6 Å². The molecule has 0 aliphatic rings. The summed E-state index contributed by atoms with van der Waals surface area (Å²) in [6.07, 6.45) is 2.58. The highest BCUT2D eigenvalue weighted by Gasteiger charge is 2.17. The maximum absolute atomic E-state index is 11.1. The van der Waals surface area contributed by atoms with Gasteiger partial charge in [-0.05, 0) is 61.6 Å². The van der Waals surface area contributed by atoms with Crippen molar-refractivity contribution in [2.45, 2.75) is 38.7 Å². The zero-order valence-corrected chi connectivity index (χ0v) is 15.2. The van der Waals surface area contributed by atoms with E-state index in [-0.39, 0.29) is 0 Å². The highest BCUT2D eigenvalue weighted by atomic mass is 16.5. The van der Waals surface area contributed by atoms with E-state index >= 15 is 0 Å². The molecule has 0 radical (unpaired) electrons. The van der Waals surface area contributed by atoms with Crippen LogP contribution < -0.4 is 10.5 Å². The maximum Gasteiger partial charge on any atom is 0.333 e. The lowest BCUT2D eigenvalue weighted by Gasteiger charge is -2.13. The first kappa shape index (κ1) is 19.8. The summed E-state index contributed by atoms with van der Waals surface area (Å²) in [6, 6.07) is 15.5. The topological polar surface area (TPSA) is 81.8 Å². The van der Waals surface area contributed by atoms with Gasteiger partial charge in [0.25, 0.3) is 0 Å². The summed E-state index contributed by atoms with van der Waals surface area (Å²) in [4.78, 5) is 11.1. The number of benzene rings is 2. The molecular formula is C21H27NO4. The molecule has 140 valence electrons. The Morgan fingerprint density at radius 2 is 1.69 bits per heavy atom. The summed E-state index contributed by atoms with van der Waals surface area (Å²) in [5, 5.41) is 9.13. The number of aryl methyl sites for hydroxylation is 1. The molecule has 2 aromatic carbocycles. The van der Waals surface area contributed by atoms with Crippen molar-refractivity contribution in [2.75, 3.05) is 18.9 Å². The molecule has 0 bridgehead atoms. The van der Waals surface area contributed by atoms with Crippen molar-refractivity contribution in [2.24, 2.45) is 0 Å². The van der Waals surface area contributed by atoms with Gasteiger partial charge in [-0.1, -0.05) is 24.3 Å². The number of hydrogen-bond donors (Lipinski definition) is 2. The Bertz CT molecular complexity index is 667. The number of ether oxygens (including phenoxy) is 2. The minimum Gasteiger partial charge on any atom is -0.494 e. The number of aliphatic carboxylic acids is 1. The predicted octanol–water partition coefficient (Wildman–Crippen LogP) is 3.70. The fourth-order valence-electron chi connectivity index (χ4n) is 2.66. The quantitative estimate of drug-likeness (QED) is 0.473. The van der Waals surface area contributed by atoms with Gasteiger partial charge in [-0.15, -0.1) is 0 Å². The van der Waals surface area contributed by atoms with Gasteiger partial charge in [0.15, 0.2) is 6.10 Å². The van der Waals surface area contributed by atoms with E-state index < -0.39 is 12.1 Å². The molecular weight excluding hydrogens is 330 g/mol. The fourth-order valence-corrected chi connectivity index (χ4v) is 2.66. The number of unbranched alkanes of at least 4 members (excludes halogenated alkanes) is 1. The van der Waals surface area contributed by atoms with E-state index in [1.807, 2.05) is 36.4 Å². The van der Waals surface area contributed by atoms with E-state index in [0.717, 1.165) is 36.3 Å². The Morgan fingerprint density at radius 3 is 2.31 bits per heavy atom. The SMILES string of the molecule is CCO[C@@H](Cc1ccc(OCCCCc2ccc(N)cc2)cc1)C(=O)O. The van der Waals surface area contributed by atoms with Gasteiger partial charge in [-0.3, -0.25) is 0 Å². The monoisotopic (exact) mass is 357 g/mol. The first-order valence-corrected chi connectivity index (χ1v) is 8.99. The summed E-state index contributed by atoms with van der Waals surface area (Å²) < 4.78 is 11.0. The molecule has 0 saturated carbocycles. The second-order valence-corrected chi connectivity index (χ2v) is 6.18. The standard InChI is InChI=1S/C21H27NO4/c1-2-25-20(21(23)24)15-17-8-12-19(13-9-17)26-14-4-3-5-16-6-10-18(22)11-7-16/h6-13,20H,2-5,14-15,22H2,1H3,(H,23,24)/t20-/m0/s1. The lowest BCUT2D eigenvalue weighted by molar-refractivity contribution is -0.149. The minimum atomic E-state index is -0.937. The van der Waals surface area contributed by atoms with Crippen LogP contribution in [0.5, 0.6) is 5.75 Å². The second-order valence-electron chi connectivity index (χ2n) is 6.18. The van der Waals surface area contributed by atoms with Crippen LogP contribution in [0.1, 0.15) is 30.9 Å². The highest BCUT2D eigenvalue weighted by Crippen LogP contribution is 2.15. The van der Waals surface area contributed by atoms with Crippen LogP contribution in [0.4, 0.5) is 5.69 Å². The van der Waals surface area contributed by atoms with Crippen molar-refractivity contribution in [1.82, 2.24) is 0 Å². The van der Waals surface area contributed by atoms with E-state index in [1.54, 1.807) is 6.92 Å². The molecule has 0 aliphatic heterocycles. The van der Waals surface area contributed by atoms with Gasteiger partial charge in [0.1, 0.15) is 5.75 Å². The largest absolute Gasteiger partial charge is 0.494 e. The lowest BCUT2D eigenvalue weighted by atomic mass is 10.1. The molecule has 26 heavy (non-hydrogen) atoms. The summed E-state index contributed by atoms with van der Waals surface area (Å²) in [5.41, 5.74) is 8.67.